The summed E-state index contributed by atoms with van der Waals surface area (Å²) in [6, 6.07) is 15.8. The molecule has 4 rings (SSSR count). The maximum Gasteiger partial charge on any atom is 0.260 e. The van der Waals surface area contributed by atoms with E-state index in [2.05, 4.69) is 16.0 Å². The number of ether oxygens (including phenoxy) is 2. The molecule has 35 heavy (non-hydrogen) atoms. The molecule has 0 spiro atoms. The average Bonchev–Trinajstić information content (AvgIpc) is 2.86. The van der Waals surface area contributed by atoms with Gasteiger partial charge in [0.1, 0.15) is 5.82 Å². The van der Waals surface area contributed by atoms with E-state index in [0.717, 1.165) is 49.5 Å². The summed E-state index contributed by atoms with van der Waals surface area (Å²) in [5.41, 5.74) is 2.21. The minimum Gasteiger partial charge on any atom is -0.493 e. The van der Waals surface area contributed by atoms with E-state index in [4.69, 9.17) is 9.47 Å². The van der Waals surface area contributed by atoms with Gasteiger partial charge < -0.3 is 14.4 Å². The summed E-state index contributed by atoms with van der Waals surface area (Å²) in [6.07, 6.45) is 4.84. The maximum absolute atomic E-state index is 14.0. The number of likely N-dealkylation sites (tertiary alicyclic amines) is 1. The van der Waals surface area contributed by atoms with Gasteiger partial charge in [0.25, 0.3) is 5.91 Å². The lowest BCUT2D eigenvalue weighted by Crippen LogP contribution is -2.47. The molecule has 1 saturated heterocycles. The Bertz CT molecular complexity index is 1130. The van der Waals surface area contributed by atoms with Gasteiger partial charge in [-0.2, -0.15) is 0 Å². The Hall–Kier alpha value is -3.45. The fraction of sp³-hybridized carbons (Fsp3) is 0.357. The highest BCUT2D eigenvalue weighted by molar-refractivity contribution is 6.06. The van der Waals surface area contributed by atoms with E-state index in [1.54, 1.807) is 48.7 Å². The van der Waals surface area contributed by atoms with Gasteiger partial charge >= 0.3 is 0 Å². The van der Waals surface area contributed by atoms with Crippen molar-refractivity contribution in [3.05, 3.63) is 83.9 Å². The Morgan fingerprint density at radius 1 is 1.11 bits per heavy atom. The molecule has 0 atom stereocenters. The van der Waals surface area contributed by atoms with Crippen LogP contribution in [0.2, 0.25) is 0 Å². The maximum atomic E-state index is 14.0. The van der Waals surface area contributed by atoms with E-state index in [0.29, 0.717) is 11.3 Å². The van der Waals surface area contributed by atoms with E-state index in [9.17, 15) is 9.18 Å². The molecular formula is C28H32FN3O3. The number of hydrogen-bond donors (Lipinski definition) is 0. The molecule has 0 radical (unpaired) electrons. The highest BCUT2D eigenvalue weighted by Gasteiger charge is 2.30. The molecule has 6 nitrogen and oxygen atoms in total. The van der Waals surface area contributed by atoms with Crippen LogP contribution in [0.4, 0.5) is 10.1 Å². The van der Waals surface area contributed by atoms with Crippen LogP contribution in [0, 0.1) is 5.82 Å². The average molecular weight is 478 g/mol. The number of methoxy groups -OCH3 is 1. The minimum absolute atomic E-state index is 0.0305. The molecule has 1 aromatic heterocycles. The summed E-state index contributed by atoms with van der Waals surface area (Å²) in [5, 5.41) is 0. The second-order valence-electron chi connectivity index (χ2n) is 9.06. The van der Waals surface area contributed by atoms with Crippen molar-refractivity contribution in [2.24, 2.45) is 0 Å². The number of pyridine rings is 1. The van der Waals surface area contributed by atoms with Crippen molar-refractivity contribution in [3.63, 3.8) is 0 Å². The summed E-state index contributed by atoms with van der Waals surface area (Å²) >= 11 is 0. The summed E-state index contributed by atoms with van der Waals surface area (Å²) in [4.78, 5) is 21.6. The zero-order valence-corrected chi connectivity index (χ0v) is 20.5. The third kappa shape index (κ3) is 6.17. The standard InChI is InChI=1S/C28H32FN3O3/c1-20(2)35-26-10-9-21(16-27(26)34-3)19-31-14-11-24(12-15-31)32(25-8-4-7-23(29)17-25)28(33)22-6-5-13-30-18-22/h4-10,13,16-18,20,24H,11-12,14-15,19H2,1-3H3. The SMILES string of the molecule is COc1cc(CN2CCC(N(C(=O)c3cccnc3)c3cccc(F)c3)CC2)ccc1OC(C)C. The second-order valence-corrected chi connectivity index (χ2v) is 9.06. The second kappa shape index (κ2) is 11.3. The molecule has 1 aliphatic heterocycles. The van der Waals surface area contributed by atoms with Crippen molar-refractivity contribution in [2.45, 2.75) is 45.4 Å². The molecular weight excluding hydrogens is 445 g/mol. The predicted octanol–water partition coefficient (Wildman–Crippen LogP) is 5.33. The zero-order valence-electron chi connectivity index (χ0n) is 20.5. The molecule has 2 heterocycles. The first kappa shape index (κ1) is 24.7. The molecule has 7 heteroatoms. The zero-order chi connectivity index (χ0) is 24.8. The smallest absolute Gasteiger partial charge is 0.260 e. The number of rotatable bonds is 8. The Kier molecular flexibility index (Phi) is 7.98. The molecule has 0 bridgehead atoms. The van der Waals surface area contributed by atoms with E-state index < -0.39 is 0 Å². The van der Waals surface area contributed by atoms with Gasteiger partial charge in [-0.1, -0.05) is 12.1 Å². The van der Waals surface area contributed by atoms with Crippen molar-refractivity contribution < 1.29 is 18.7 Å². The highest BCUT2D eigenvalue weighted by Crippen LogP contribution is 2.31. The van der Waals surface area contributed by atoms with Crippen LogP contribution < -0.4 is 14.4 Å². The normalized spacial score (nSPS) is 14.7. The van der Waals surface area contributed by atoms with E-state index >= 15 is 0 Å². The molecule has 1 amide bonds. The van der Waals surface area contributed by atoms with E-state index in [1.165, 1.54) is 12.1 Å². The first-order chi connectivity index (χ1) is 16.9. The van der Waals surface area contributed by atoms with Gasteiger partial charge in [-0.25, -0.2) is 4.39 Å². The van der Waals surface area contributed by atoms with Crippen molar-refractivity contribution >= 4 is 11.6 Å². The number of piperidine rings is 1. The lowest BCUT2D eigenvalue weighted by molar-refractivity contribution is 0.0958. The number of nitrogens with zero attached hydrogens (tertiary/aromatic N) is 3. The number of aromatic nitrogens is 1. The number of halogens is 1. The van der Waals surface area contributed by atoms with Gasteiger partial charge in [0.05, 0.1) is 18.8 Å². The van der Waals surface area contributed by atoms with Crippen molar-refractivity contribution in [1.29, 1.82) is 0 Å². The van der Waals surface area contributed by atoms with Crippen LogP contribution in [0.25, 0.3) is 0 Å². The van der Waals surface area contributed by atoms with Gasteiger partial charge in [0, 0.05) is 43.8 Å². The van der Waals surface area contributed by atoms with Crippen LogP contribution >= 0.6 is 0 Å². The lowest BCUT2D eigenvalue weighted by Gasteiger charge is -2.38. The number of benzene rings is 2. The van der Waals surface area contributed by atoms with Crippen molar-refractivity contribution in [3.8, 4) is 11.5 Å². The Morgan fingerprint density at radius 3 is 2.57 bits per heavy atom. The Balaban J connectivity index is 1.46. The molecule has 2 aromatic carbocycles. The van der Waals surface area contributed by atoms with Gasteiger partial charge in [0.2, 0.25) is 0 Å². The molecule has 0 aliphatic carbocycles. The number of carbonyl (C=O) groups is 1. The monoisotopic (exact) mass is 477 g/mol. The van der Waals surface area contributed by atoms with E-state index in [1.807, 2.05) is 26.0 Å². The number of hydrogen-bond acceptors (Lipinski definition) is 5. The fourth-order valence-electron chi connectivity index (χ4n) is 4.50. The van der Waals surface area contributed by atoms with Crippen LogP contribution in [0.5, 0.6) is 11.5 Å². The van der Waals surface area contributed by atoms with Crippen LogP contribution in [0.3, 0.4) is 0 Å². The molecule has 3 aromatic rings. The van der Waals surface area contributed by atoms with Crippen LogP contribution in [0.15, 0.2) is 67.0 Å². The number of anilines is 1. The summed E-state index contributed by atoms with van der Waals surface area (Å²) in [5.74, 6) is 0.949. The Labute approximate surface area is 206 Å². The van der Waals surface area contributed by atoms with Crippen LogP contribution in [0.1, 0.15) is 42.6 Å². The van der Waals surface area contributed by atoms with Crippen LogP contribution in [-0.4, -0.2) is 48.1 Å². The summed E-state index contributed by atoms with van der Waals surface area (Å²) < 4.78 is 25.4. The quantitative estimate of drug-likeness (QED) is 0.439. The van der Waals surface area contributed by atoms with Crippen molar-refractivity contribution in [2.75, 3.05) is 25.1 Å². The lowest BCUT2D eigenvalue weighted by atomic mass is 10.00. The minimum atomic E-state index is -0.359. The topological polar surface area (TPSA) is 54.9 Å². The van der Waals surface area contributed by atoms with E-state index in [-0.39, 0.29) is 23.9 Å². The van der Waals surface area contributed by atoms with Crippen LogP contribution in [-0.2, 0) is 6.54 Å². The number of carbonyl (C=O) groups excluding carboxylic acids is 1. The first-order valence-corrected chi connectivity index (χ1v) is 12.0. The molecule has 0 N–H and O–H groups in total. The van der Waals surface area contributed by atoms with Crippen molar-refractivity contribution in [1.82, 2.24) is 9.88 Å². The largest absolute Gasteiger partial charge is 0.493 e. The van der Waals surface area contributed by atoms with Gasteiger partial charge in [-0.3, -0.25) is 14.7 Å². The van der Waals surface area contributed by atoms with Gasteiger partial charge in [-0.05, 0) is 74.7 Å². The summed E-state index contributed by atoms with van der Waals surface area (Å²) in [7, 11) is 1.65. The molecule has 1 aliphatic rings. The van der Waals surface area contributed by atoms with Gasteiger partial charge in [-0.15, -0.1) is 0 Å². The molecule has 1 fully saturated rings. The third-order valence-corrected chi connectivity index (χ3v) is 6.13. The first-order valence-electron chi connectivity index (χ1n) is 12.0. The molecule has 0 saturated carbocycles. The summed E-state index contributed by atoms with van der Waals surface area (Å²) in [6.45, 7) is 6.40. The van der Waals surface area contributed by atoms with Gasteiger partial charge in [0.15, 0.2) is 11.5 Å². The predicted molar refractivity (Wildman–Crippen MR) is 135 cm³/mol. The fourth-order valence-corrected chi connectivity index (χ4v) is 4.50. The number of amides is 1. The highest BCUT2D eigenvalue weighted by atomic mass is 19.1. The molecule has 184 valence electrons. The third-order valence-electron chi connectivity index (χ3n) is 6.13. The Morgan fingerprint density at radius 2 is 1.91 bits per heavy atom. The molecule has 0 unspecified atom stereocenters.